The van der Waals surface area contributed by atoms with E-state index >= 15 is 0 Å². The van der Waals surface area contributed by atoms with Crippen molar-refractivity contribution in [1.29, 1.82) is 0 Å². The molecule has 0 spiro atoms. The molecule has 3 heteroatoms. The van der Waals surface area contributed by atoms with Crippen LogP contribution in [0.5, 0.6) is 0 Å². The van der Waals surface area contributed by atoms with Gasteiger partial charge in [-0.05, 0) is 30.8 Å². The number of aromatic nitrogens is 2. The van der Waals surface area contributed by atoms with Crippen LogP contribution in [0.2, 0.25) is 0 Å². The molecule has 0 fully saturated rings. The van der Waals surface area contributed by atoms with Crippen LogP contribution in [0.25, 0.3) is 0 Å². The maximum atomic E-state index is 4.34. The molecule has 0 unspecified atom stereocenters. The maximum Gasteiger partial charge on any atom is 0.0421 e. The number of nitrogens with one attached hydrogen (secondary N) is 1. The maximum absolute atomic E-state index is 4.34. The van der Waals surface area contributed by atoms with Gasteiger partial charge in [0.05, 0.1) is 0 Å². The van der Waals surface area contributed by atoms with E-state index in [-0.39, 0.29) is 0 Å². The molecule has 2 heterocycles. The Hall–Kier alpha value is -1.61. The van der Waals surface area contributed by atoms with Gasteiger partial charge in [0.15, 0.2) is 0 Å². The first kappa shape index (κ1) is 11.9. The Morgan fingerprint density at radius 3 is 2.94 bits per heavy atom. The van der Waals surface area contributed by atoms with Crippen LogP contribution in [0, 0.1) is 0 Å². The van der Waals surface area contributed by atoms with E-state index in [1.807, 2.05) is 18.3 Å². The normalized spacial score (nSPS) is 10.6. The van der Waals surface area contributed by atoms with Crippen LogP contribution in [0.15, 0.2) is 42.7 Å². The van der Waals surface area contributed by atoms with Crippen molar-refractivity contribution in [2.45, 2.75) is 26.4 Å². The molecule has 3 nitrogen and oxygen atoms in total. The van der Waals surface area contributed by atoms with E-state index in [0.29, 0.717) is 0 Å². The monoisotopic (exact) mass is 229 g/mol. The molecule has 0 aliphatic rings. The van der Waals surface area contributed by atoms with Crippen LogP contribution in [0.3, 0.4) is 0 Å². The van der Waals surface area contributed by atoms with Crippen molar-refractivity contribution in [3.8, 4) is 0 Å². The molecular formula is C14H19N3. The fourth-order valence-corrected chi connectivity index (χ4v) is 1.86. The Kier molecular flexibility index (Phi) is 4.33. The van der Waals surface area contributed by atoms with E-state index in [9.17, 15) is 0 Å². The summed E-state index contributed by atoms with van der Waals surface area (Å²) in [4.78, 5) is 4.34. The van der Waals surface area contributed by atoms with Gasteiger partial charge in [-0.25, -0.2) is 0 Å². The van der Waals surface area contributed by atoms with Crippen molar-refractivity contribution < 1.29 is 0 Å². The molecule has 0 bridgehead atoms. The number of aryl methyl sites for hydroxylation is 2. The first-order valence-corrected chi connectivity index (χ1v) is 6.15. The number of nitrogens with zero attached hydrogens (tertiary/aromatic N) is 2. The van der Waals surface area contributed by atoms with Gasteiger partial charge in [-0.3, -0.25) is 4.98 Å². The fraction of sp³-hybridized carbons (Fsp3) is 0.357. The lowest BCUT2D eigenvalue weighted by Gasteiger charge is -2.09. The molecule has 2 rings (SSSR count). The molecule has 0 radical (unpaired) electrons. The van der Waals surface area contributed by atoms with Gasteiger partial charge in [-0.15, -0.1) is 0 Å². The second-order valence-electron chi connectivity index (χ2n) is 4.04. The molecule has 0 saturated heterocycles. The Balaban J connectivity index is 1.92. The molecule has 0 amide bonds. The van der Waals surface area contributed by atoms with E-state index in [4.69, 9.17) is 0 Å². The lowest BCUT2D eigenvalue weighted by Crippen LogP contribution is -2.15. The van der Waals surface area contributed by atoms with Crippen molar-refractivity contribution in [1.82, 2.24) is 14.9 Å². The Morgan fingerprint density at radius 2 is 2.18 bits per heavy atom. The Morgan fingerprint density at radius 1 is 1.24 bits per heavy atom. The van der Waals surface area contributed by atoms with Gasteiger partial charge in [0, 0.05) is 43.3 Å². The van der Waals surface area contributed by atoms with E-state index < -0.39 is 0 Å². The van der Waals surface area contributed by atoms with Gasteiger partial charge in [0.2, 0.25) is 0 Å². The van der Waals surface area contributed by atoms with Gasteiger partial charge in [0.1, 0.15) is 0 Å². The molecular weight excluding hydrogens is 210 g/mol. The summed E-state index contributed by atoms with van der Waals surface area (Å²) < 4.78 is 2.29. The summed E-state index contributed by atoms with van der Waals surface area (Å²) in [5.74, 6) is 0. The zero-order valence-electron chi connectivity index (χ0n) is 10.3. The van der Waals surface area contributed by atoms with Crippen LogP contribution in [-0.2, 0) is 19.5 Å². The smallest absolute Gasteiger partial charge is 0.0421 e. The molecule has 0 aliphatic carbocycles. The molecule has 2 aromatic rings. The molecule has 0 saturated carbocycles. The standard InChI is InChI=1S/C14H19N3/c1-2-15-12-14-7-5-10-17(14)11-8-13-6-3-4-9-16-13/h3-7,9-10,15H,2,8,11-12H2,1H3. The molecule has 0 atom stereocenters. The van der Waals surface area contributed by atoms with Crippen LogP contribution < -0.4 is 5.32 Å². The van der Waals surface area contributed by atoms with Crippen LogP contribution in [-0.4, -0.2) is 16.1 Å². The topological polar surface area (TPSA) is 29.9 Å². The first-order chi connectivity index (χ1) is 8.40. The largest absolute Gasteiger partial charge is 0.350 e. The summed E-state index contributed by atoms with van der Waals surface area (Å²) in [5, 5.41) is 3.35. The van der Waals surface area contributed by atoms with Crippen molar-refractivity contribution in [2.75, 3.05) is 6.54 Å². The lowest BCUT2D eigenvalue weighted by atomic mass is 10.2. The number of rotatable bonds is 6. The molecule has 17 heavy (non-hydrogen) atoms. The van der Waals surface area contributed by atoms with E-state index in [0.717, 1.165) is 31.7 Å². The number of hydrogen-bond acceptors (Lipinski definition) is 2. The highest BCUT2D eigenvalue weighted by Gasteiger charge is 2.00. The predicted molar refractivity (Wildman–Crippen MR) is 69.8 cm³/mol. The quantitative estimate of drug-likeness (QED) is 0.823. The molecule has 90 valence electrons. The van der Waals surface area contributed by atoms with E-state index in [1.54, 1.807) is 0 Å². The highest BCUT2D eigenvalue weighted by Crippen LogP contribution is 2.04. The van der Waals surface area contributed by atoms with Gasteiger partial charge in [-0.1, -0.05) is 13.0 Å². The zero-order valence-corrected chi connectivity index (χ0v) is 10.3. The minimum absolute atomic E-state index is 0.936. The SMILES string of the molecule is CCNCc1cccn1CCc1ccccn1. The molecule has 0 aromatic carbocycles. The first-order valence-electron chi connectivity index (χ1n) is 6.15. The summed E-state index contributed by atoms with van der Waals surface area (Å²) in [6.07, 6.45) is 4.97. The Labute approximate surface area is 103 Å². The Bertz CT molecular complexity index is 434. The highest BCUT2D eigenvalue weighted by molar-refractivity contribution is 5.08. The average molecular weight is 229 g/mol. The minimum Gasteiger partial charge on any atom is -0.350 e. The highest BCUT2D eigenvalue weighted by atomic mass is 15.0. The van der Waals surface area contributed by atoms with Crippen LogP contribution in [0.4, 0.5) is 0 Å². The van der Waals surface area contributed by atoms with Gasteiger partial charge < -0.3 is 9.88 Å². The molecule has 1 N–H and O–H groups in total. The summed E-state index contributed by atoms with van der Waals surface area (Å²) in [6, 6.07) is 10.3. The van der Waals surface area contributed by atoms with E-state index in [1.165, 1.54) is 5.69 Å². The van der Waals surface area contributed by atoms with E-state index in [2.05, 4.69) is 46.2 Å². The predicted octanol–water partition coefficient (Wildman–Crippen LogP) is 2.24. The van der Waals surface area contributed by atoms with Gasteiger partial charge in [-0.2, -0.15) is 0 Å². The fourth-order valence-electron chi connectivity index (χ4n) is 1.86. The third kappa shape index (κ3) is 3.43. The zero-order chi connectivity index (χ0) is 11.9. The number of hydrogen-bond donors (Lipinski definition) is 1. The second kappa shape index (κ2) is 6.21. The minimum atomic E-state index is 0.936. The molecule has 2 aromatic heterocycles. The van der Waals surface area contributed by atoms with Crippen molar-refractivity contribution in [3.05, 3.63) is 54.1 Å². The van der Waals surface area contributed by atoms with Gasteiger partial charge in [0.25, 0.3) is 0 Å². The lowest BCUT2D eigenvalue weighted by molar-refractivity contribution is 0.616. The van der Waals surface area contributed by atoms with Crippen molar-refractivity contribution in [2.24, 2.45) is 0 Å². The average Bonchev–Trinajstić information content (AvgIpc) is 2.82. The summed E-state index contributed by atoms with van der Waals surface area (Å²) in [5.41, 5.74) is 2.48. The van der Waals surface area contributed by atoms with Crippen molar-refractivity contribution >= 4 is 0 Å². The summed E-state index contributed by atoms with van der Waals surface area (Å²) in [6.45, 7) is 5.06. The summed E-state index contributed by atoms with van der Waals surface area (Å²) >= 11 is 0. The third-order valence-corrected chi connectivity index (χ3v) is 2.81. The van der Waals surface area contributed by atoms with Crippen LogP contribution in [0.1, 0.15) is 18.3 Å². The van der Waals surface area contributed by atoms with Gasteiger partial charge >= 0.3 is 0 Å². The van der Waals surface area contributed by atoms with Crippen molar-refractivity contribution in [3.63, 3.8) is 0 Å². The van der Waals surface area contributed by atoms with Crippen LogP contribution >= 0.6 is 0 Å². The second-order valence-corrected chi connectivity index (χ2v) is 4.04. The molecule has 0 aliphatic heterocycles. The summed E-state index contributed by atoms with van der Waals surface area (Å²) in [7, 11) is 0. The third-order valence-electron chi connectivity index (χ3n) is 2.81. The number of pyridine rings is 1.